The summed E-state index contributed by atoms with van der Waals surface area (Å²) in [5, 5.41) is 6.85. The molecule has 0 aromatic heterocycles. The van der Waals surface area contributed by atoms with Crippen molar-refractivity contribution in [1.29, 1.82) is 0 Å². The Morgan fingerprint density at radius 2 is 1.92 bits per heavy atom. The highest BCUT2D eigenvalue weighted by molar-refractivity contribution is 7.88. The van der Waals surface area contributed by atoms with Gasteiger partial charge in [0, 0.05) is 32.7 Å². The summed E-state index contributed by atoms with van der Waals surface area (Å²) in [7, 11) is -1.26. The third-order valence-corrected chi connectivity index (χ3v) is 6.88. The first kappa shape index (κ1) is 20.5. The van der Waals surface area contributed by atoms with E-state index in [2.05, 4.69) is 22.5 Å². The summed E-state index contributed by atoms with van der Waals surface area (Å²) in [6.07, 6.45) is 11.7. The molecule has 25 heavy (non-hydrogen) atoms. The van der Waals surface area contributed by atoms with Crippen LogP contribution in [-0.4, -0.2) is 57.7 Å². The molecule has 2 N–H and O–H groups in total. The van der Waals surface area contributed by atoms with Gasteiger partial charge in [0.1, 0.15) is 0 Å². The maximum atomic E-state index is 11.6. The molecule has 0 aromatic rings. The van der Waals surface area contributed by atoms with Crippen LogP contribution in [0.25, 0.3) is 0 Å². The average Bonchev–Trinajstić information content (AvgIpc) is 3.07. The van der Waals surface area contributed by atoms with E-state index >= 15 is 0 Å². The Labute approximate surface area is 153 Å². The van der Waals surface area contributed by atoms with E-state index in [1.165, 1.54) is 51.2 Å². The Balaban J connectivity index is 1.66. The Morgan fingerprint density at radius 3 is 2.52 bits per heavy atom. The molecule has 2 atom stereocenters. The van der Waals surface area contributed by atoms with Crippen LogP contribution in [0.5, 0.6) is 0 Å². The molecule has 1 saturated heterocycles. The van der Waals surface area contributed by atoms with Gasteiger partial charge in [-0.1, -0.05) is 32.1 Å². The summed E-state index contributed by atoms with van der Waals surface area (Å²) in [4.78, 5) is 4.31. The number of guanidine groups is 1. The Morgan fingerprint density at radius 1 is 1.20 bits per heavy atom. The summed E-state index contributed by atoms with van der Waals surface area (Å²) in [6.45, 7) is 4.23. The molecule has 0 aromatic carbocycles. The molecule has 0 spiro atoms. The first-order valence-electron chi connectivity index (χ1n) is 9.80. The summed E-state index contributed by atoms with van der Waals surface area (Å²) < 4.78 is 24.8. The van der Waals surface area contributed by atoms with Crippen molar-refractivity contribution < 1.29 is 8.42 Å². The first-order valence-corrected chi connectivity index (χ1v) is 11.7. The molecule has 2 unspecified atom stereocenters. The van der Waals surface area contributed by atoms with Gasteiger partial charge in [0.25, 0.3) is 0 Å². The quantitative estimate of drug-likeness (QED) is 0.531. The molecule has 6 nitrogen and oxygen atoms in total. The lowest BCUT2D eigenvalue weighted by Gasteiger charge is -2.24. The zero-order valence-corrected chi connectivity index (χ0v) is 16.9. The van der Waals surface area contributed by atoms with Crippen molar-refractivity contribution in [2.24, 2.45) is 16.8 Å². The van der Waals surface area contributed by atoms with E-state index in [1.807, 2.05) is 0 Å². The number of hydrogen-bond donors (Lipinski definition) is 2. The van der Waals surface area contributed by atoms with Crippen LogP contribution in [0.2, 0.25) is 0 Å². The molecule has 2 aliphatic rings. The summed E-state index contributed by atoms with van der Waals surface area (Å²) in [5.41, 5.74) is 0. The van der Waals surface area contributed by atoms with Gasteiger partial charge in [0.2, 0.25) is 10.0 Å². The second-order valence-electron chi connectivity index (χ2n) is 7.86. The molecule has 1 saturated carbocycles. The van der Waals surface area contributed by atoms with Gasteiger partial charge in [0.05, 0.1) is 6.26 Å². The monoisotopic (exact) mass is 372 g/mol. The molecule has 1 aliphatic carbocycles. The van der Waals surface area contributed by atoms with Gasteiger partial charge < -0.3 is 10.6 Å². The van der Waals surface area contributed by atoms with E-state index in [1.54, 1.807) is 11.4 Å². The van der Waals surface area contributed by atoms with Gasteiger partial charge in [-0.15, -0.1) is 0 Å². The van der Waals surface area contributed by atoms with Gasteiger partial charge in [-0.25, -0.2) is 12.7 Å². The van der Waals surface area contributed by atoms with Crippen molar-refractivity contribution in [3.8, 4) is 0 Å². The van der Waals surface area contributed by atoms with Crippen LogP contribution in [-0.2, 0) is 10.0 Å². The SMILES string of the molecule is CN=C(NCC1CCN(S(C)(=O)=O)C1)NC(C)CCC1CCCCC1. The lowest BCUT2D eigenvalue weighted by Crippen LogP contribution is -2.44. The molecule has 1 aliphatic heterocycles. The number of aliphatic imine (C=N–C) groups is 1. The number of sulfonamides is 1. The van der Waals surface area contributed by atoms with Crippen molar-refractivity contribution in [3.05, 3.63) is 0 Å². The van der Waals surface area contributed by atoms with E-state index in [4.69, 9.17) is 0 Å². The van der Waals surface area contributed by atoms with Crippen molar-refractivity contribution in [1.82, 2.24) is 14.9 Å². The van der Waals surface area contributed by atoms with Gasteiger partial charge in [-0.2, -0.15) is 0 Å². The third-order valence-electron chi connectivity index (χ3n) is 5.62. The minimum atomic E-state index is -3.06. The highest BCUT2D eigenvalue weighted by atomic mass is 32.2. The Bertz CT molecular complexity index is 529. The zero-order valence-electron chi connectivity index (χ0n) is 16.1. The molecule has 2 rings (SSSR count). The second-order valence-corrected chi connectivity index (χ2v) is 9.84. The minimum Gasteiger partial charge on any atom is -0.356 e. The Hall–Kier alpha value is -0.820. The van der Waals surface area contributed by atoms with Gasteiger partial charge in [0.15, 0.2) is 5.96 Å². The van der Waals surface area contributed by atoms with E-state index < -0.39 is 10.0 Å². The standard InChI is InChI=1S/C18H36N4O2S/c1-15(9-10-16-7-5-4-6-8-16)21-18(19-2)20-13-17-11-12-22(14-17)25(3,23)24/h15-17H,4-14H2,1-3H3,(H2,19,20,21). The normalized spacial score (nSPS) is 25.1. The maximum absolute atomic E-state index is 11.6. The molecule has 2 fully saturated rings. The van der Waals surface area contributed by atoms with Gasteiger partial charge in [-0.3, -0.25) is 4.99 Å². The zero-order chi connectivity index (χ0) is 18.3. The highest BCUT2D eigenvalue weighted by Crippen LogP contribution is 2.27. The lowest BCUT2D eigenvalue weighted by molar-refractivity contribution is 0.322. The molecule has 0 amide bonds. The minimum absolute atomic E-state index is 0.353. The first-order chi connectivity index (χ1) is 11.9. The molecule has 0 bridgehead atoms. The predicted molar refractivity (Wildman–Crippen MR) is 104 cm³/mol. The number of rotatable bonds is 7. The van der Waals surface area contributed by atoms with Crippen molar-refractivity contribution >= 4 is 16.0 Å². The number of nitrogens with zero attached hydrogens (tertiary/aromatic N) is 2. The number of nitrogens with one attached hydrogen (secondary N) is 2. The van der Waals surface area contributed by atoms with Crippen molar-refractivity contribution in [2.75, 3.05) is 32.9 Å². The topological polar surface area (TPSA) is 73.8 Å². The average molecular weight is 373 g/mol. The smallest absolute Gasteiger partial charge is 0.211 e. The van der Waals surface area contributed by atoms with Gasteiger partial charge in [-0.05, 0) is 38.0 Å². The van der Waals surface area contributed by atoms with Gasteiger partial charge >= 0.3 is 0 Å². The summed E-state index contributed by atoms with van der Waals surface area (Å²) >= 11 is 0. The fourth-order valence-electron chi connectivity index (χ4n) is 3.97. The molecule has 0 radical (unpaired) electrons. The van der Waals surface area contributed by atoms with Crippen LogP contribution in [0.1, 0.15) is 58.3 Å². The van der Waals surface area contributed by atoms with Crippen LogP contribution in [0.3, 0.4) is 0 Å². The van der Waals surface area contributed by atoms with Crippen LogP contribution in [0.15, 0.2) is 4.99 Å². The van der Waals surface area contributed by atoms with E-state index in [-0.39, 0.29) is 0 Å². The maximum Gasteiger partial charge on any atom is 0.211 e. The molecule has 1 heterocycles. The molecular weight excluding hydrogens is 336 g/mol. The number of hydrogen-bond acceptors (Lipinski definition) is 3. The third kappa shape index (κ3) is 7.13. The highest BCUT2D eigenvalue weighted by Gasteiger charge is 2.28. The molecule has 146 valence electrons. The Kier molecular flexibility index (Phi) is 8.00. The predicted octanol–water partition coefficient (Wildman–Crippen LogP) is 2.18. The fraction of sp³-hybridized carbons (Fsp3) is 0.944. The largest absolute Gasteiger partial charge is 0.356 e. The molecular formula is C18H36N4O2S. The van der Waals surface area contributed by atoms with E-state index in [0.717, 1.165) is 24.8 Å². The summed E-state index contributed by atoms with van der Waals surface area (Å²) in [5.74, 6) is 2.09. The fourth-order valence-corrected chi connectivity index (χ4v) is 4.89. The van der Waals surface area contributed by atoms with E-state index in [0.29, 0.717) is 25.0 Å². The summed E-state index contributed by atoms with van der Waals surface area (Å²) in [6, 6.07) is 0.407. The van der Waals surface area contributed by atoms with Crippen LogP contribution >= 0.6 is 0 Å². The second kappa shape index (κ2) is 9.76. The van der Waals surface area contributed by atoms with Crippen LogP contribution in [0, 0.1) is 11.8 Å². The van der Waals surface area contributed by atoms with Crippen molar-refractivity contribution in [2.45, 2.75) is 64.3 Å². The van der Waals surface area contributed by atoms with Crippen LogP contribution in [0.4, 0.5) is 0 Å². The van der Waals surface area contributed by atoms with Crippen molar-refractivity contribution in [3.63, 3.8) is 0 Å². The molecule has 7 heteroatoms. The van der Waals surface area contributed by atoms with E-state index in [9.17, 15) is 8.42 Å². The van der Waals surface area contributed by atoms with Crippen LogP contribution < -0.4 is 10.6 Å². The lowest BCUT2D eigenvalue weighted by atomic mass is 9.85.